The fourth-order valence-corrected chi connectivity index (χ4v) is 2.57. The van der Waals surface area contributed by atoms with Gasteiger partial charge in [-0.2, -0.15) is 0 Å². The minimum Gasteiger partial charge on any atom is -0.383 e. The van der Waals surface area contributed by atoms with Crippen LogP contribution in [0.25, 0.3) is 0 Å². The lowest BCUT2D eigenvalue weighted by molar-refractivity contribution is -0.0154. The summed E-state index contributed by atoms with van der Waals surface area (Å²) in [6.45, 7) is 9.38. The molecule has 1 unspecified atom stereocenters. The zero-order valence-corrected chi connectivity index (χ0v) is 11.1. The van der Waals surface area contributed by atoms with E-state index < -0.39 is 0 Å². The SMILES string of the molecule is CCC(C)C1(CNCCOC)CCOCC1. The summed E-state index contributed by atoms with van der Waals surface area (Å²) < 4.78 is 10.6. The molecule has 1 heterocycles. The first-order chi connectivity index (χ1) is 7.75. The van der Waals surface area contributed by atoms with Gasteiger partial charge in [0.05, 0.1) is 6.61 Å². The van der Waals surface area contributed by atoms with E-state index >= 15 is 0 Å². The van der Waals surface area contributed by atoms with Gasteiger partial charge in [-0.25, -0.2) is 0 Å². The Labute approximate surface area is 99.9 Å². The van der Waals surface area contributed by atoms with Crippen molar-refractivity contribution in [1.82, 2.24) is 5.32 Å². The van der Waals surface area contributed by atoms with Crippen LogP contribution in [0.5, 0.6) is 0 Å². The lowest BCUT2D eigenvalue weighted by Gasteiger charge is -2.42. The van der Waals surface area contributed by atoms with Crippen LogP contribution >= 0.6 is 0 Å². The molecule has 1 N–H and O–H groups in total. The molecule has 1 atom stereocenters. The second-order valence-corrected chi connectivity index (χ2v) is 4.95. The largest absolute Gasteiger partial charge is 0.383 e. The highest BCUT2D eigenvalue weighted by atomic mass is 16.5. The molecule has 0 spiro atoms. The van der Waals surface area contributed by atoms with E-state index in [1.165, 1.54) is 19.3 Å². The van der Waals surface area contributed by atoms with Gasteiger partial charge >= 0.3 is 0 Å². The molecule has 1 fully saturated rings. The number of nitrogens with one attached hydrogen (secondary N) is 1. The van der Waals surface area contributed by atoms with Gasteiger partial charge in [0.2, 0.25) is 0 Å². The molecule has 1 aliphatic heterocycles. The molecular weight excluding hydrogens is 202 g/mol. The van der Waals surface area contributed by atoms with Crippen molar-refractivity contribution in [2.75, 3.05) is 40.0 Å². The number of methoxy groups -OCH3 is 1. The monoisotopic (exact) mass is 229 g/mol. The van der Waals surface area contributed by atoms with Gasteiger partial charge in [0.15, 0.2) is 0 Å². The van der Waals surface area contributed by atoms with E-state index in [4.69, 9.17) is 9.47 Å². The molecule has 0 aromatic rings. The first-order valence-corrected chi connectivity index (χ1v) is 6.52. The van der Waals surface area contributed by atoms with Crippen molar-refractivity contribution in [2.24, 2.45) is 11.3 Å². The molecule has 0 amide bonds. The van der Waals surface area contributed by atoms with Crippen LogP contribution in [0.3, 0.4) is 0 Å². The average Bonchev–Trinajstić information content (AvgIpc) is 2.35. The van der Waals surface area contributed by atoms with Crippen LogP contribution in [0.2, 0.25) is 0 Å². The van der Waals surface area contributed by atoms with Crippen molar-refractivity contribution in [1.29, 1.82) is 0 Å². The number of hydrogen-bond acceptors (Lipinski definition) is 3. The molecule has 0 bridgehead atoms. The van der Waals surface area contributed by atoms with Crippen LogP contribution in [0.15, 0.2) is 0 Å². The molecular formula is C13H27NO2. The van der Waals surface area contributed by atoms with Crippen LogP contribution < -0.4 is 5.32 Å². The third-order valence-electron chi connectivity index (χ3n) is 4.11. The molecule has 1 rings (SSSR count). The second-order valence-electron chi connectivity index (χ2n) is 4.95. The summed E-state index contributed by atoms with van der Waals surface area (Å²) in [7, 11) is 1.75. The maximum Gasteiger partial charge on any atom is 0.0587 e. The summed E-state index contributed by atoms with van der Waals surface area (Å²) in [5.74, 6) is 0.770. The van der Waals surface area contributed by atoms with Crippen LogP contribution in [0.4, 0.5) is 0 Å². The zero-order valence-electron chi connectivity index (χ0n) is 11.1. The molecule has 0 radical (unpaired) electrons. The van der Waals surface area contributed by atoms with Crippen LogP contribution in [0, 0.1) is 11.3 Å². The Morgan fingerprint density at radius 3 is 2.62 bits per heavy atom. The van der Waals surface area contributed by atoms with Gasteiger partial charge in [-0.3, -0.25) is 0 Å². The summed E-state index contributed by atoms with van der Waals surface area (Å²) in [6, 6.07) is 0. The average molecular weight is 229 g/mol. The fraction of sp³-hybridized carbons (Fsp3) is 1.00. The number of rotatable bonds is 7. The predicted molar refractivity (Wildman–Crippen MR) is 66.7 cm³/mol. The predicted octanol–water partition coefficient (Wildman–Crippen LogP) is 2.07. The summed E-state index contributed by atoms with van der Waals surface area (Å²) in [5, 5.41) is 3.53. The summed E-state index contributed by atoms with van der Waals surface area (Å²) >= 11 is 0. The Hall–Kier alpha value is -0.120. The molecule has 3 heteroatoms. The highest BCUT2D eigenvalue weighted by Crippen LogP contribution is 2.39. The van der Waals surface area contributed by atoms with Gasteiger partial charge in [0, 0.05) is 33.4 Å². The maximum absolute atomic E-state index is 5.49. The Balaban J connectivity index is 2.43. The van der Waals surface area contributed by atoms with E-state index in [0.717, 1.165) is 38.8 Å². The summed E-state index contributed by atoms with van der Waals surface area (Å²) in [6.07, 6.45) is 3.65. The van der Waals surface area contributed by atoms with Crippen molar-refractivity contribution >= 4 is 0 Å². The van der Waals surface area contributed by atoms with Gasteiger partial charge in [0.1, 0.15) is 0 Å². The van der Waals surface area contributed by atoms with Crippen molar-refractivity contribution < 1.29 is 9.47 Å². The van der Waals surface area contributed by atoms with E-state index in [-0.39, 0.29) is 0 Å². The van der Waals surface area contributed by atoms with E-state index in [0.29, 0.717) is 5.41 Å². The molecule has 16 heavy (non-hydrogen) atoms. The highest BCUT2D eigenvalue weighted by molar-refractivity contribution is 4.88. The van der Waals surface area contributed by atoms with Gasteiger partial charge in [-0.1, -0.05) is 20.3 Å². The van der Waals surface area contributed by atoms with Crippen molar-refractivity contribution in [2.45, 2.75) is 33.1 Å². The van der Waals surface area contributed by atoms with Crippen molar-refractivity contribution in [3.05, 3.63) is 0 Å². The maximum atomic E-state index is 5.49. The molecule has 0 aromatic heterocycles. The Morgan fingerprint density at radius 1 is 1.38 bits per heavy atom. The number of ether oxygens (including phenoxy) is 2. The zero-order chi connectivity index (χ0) is 11.9. The van der Waals surface area contributed by atoms with E-state index in [1.807, 2.05) is 0 Å². The summed E-state index contributed by atoms with van der Waals surface area (Å²) in [5.41, 5.74) is 0.445. The van der Waals surface area contributed by atoms with Gasteiger partial charge in [-0.05, 0) is 24.2 Å². The quantitative estimate of drug-likeness (QED) is 0.678. The van der Waals surface area contributed by atoms with E-state index in [1.54, 1.807) is 7.11 Å². The standard InChI is InChI=1S/C13H27NO2/c1-4-12(2)13(5-8-16-9-6-13)11-14-7-10-15-3/h12,14H,4-11H2,1-3H3. The van der Waals surface area contributed by atoms with Crippen LogP contribution in [0.1, 0.15) is 33.1 Å². The van der Waals surface area contributed by atoms with E-state index in [2.05, 4.69) is 19.2 Å². The fourth-order valence-electron chi connectivity index (χ4n) is 2.57. The first-order valence-electron chi connectivity index (χ1n) is 6.52. The van der Waals surface area contributed by atoms with E-state index in [9.17, 15) is 0 Å². The molecule has 1 saturated heterocycles. The van der Waals surface area contributed by atoms with Gasteiger partial charge < -0.3 is 14.8 Å². The highest BCUT2D eigenvalue weighted by Gasteiger charge is 2.36. The lowest BCUT2D eigenvalue weighted by atomic mass is 9.69. The Bertz CT molecular complexity index is 179. The lowest BCUT2D eigenvalue weighted by Crippen LogP contribution is -2.44. The van der Waals surface area contributed by atoms with Crippen molar-refractivity contribution in [3.8, 4) is 0 Å². The smallest absolute Gasteiger partial charge is 0.0587 e. The van der Waals surface area contributed by atoms with Gasteiger partial charge in [-0.15, -0.1) is 0 Å². The Morgan fingerprint density at radius 2 is 2.06 bits per heavy atom. The molecule has 0 saturated carbocycles. The second kappa shape index (κ2) is 7.25. The normalized spacial score (nSPS) is 21.9. The van der Waals surface area contributed by atoms with Crippen molar-refractivity contribution in [3.63, 3.8) is 0 Å². The Kier molecular flexibility index (Phi) is 6.32. The minimum atomic E-state index is 0.445. The van der Waals surface area contributed by atoms with Crippen LogP contribution in [-0.2, 0) is 9.47 Å². The first kappa shape index (κ1) is 13.9. The minimum absolute atomic E-state index is 0.445. The molecule has 96 valence electrons. The molecule has 1 aliphatic rings. The molecule has 0 aliphatic carbocycles. The van der Waals surface area contributed by atoms with Gasteiger partial charge in [0.25, 0.3) is 0 Å². The molecule has 0 aromatic carbocycles. The topological polar surface area (TPSA) is 30.5 Å². The van der Waals surface area contributed by atoms with Crippen LogP contribution in [-0.4, -0.2) is 40.0 Å². The summed E-state index contributed by atoms with van der Waals surface area (Å²) in [4.78, 5) is 0. The third-order valence-corrected chi connectivity index (χ3v) is 4.11. The number of hydrogen-bond donors (Lipinski definition) is 1. The third kappa shape index (κ3) is 3.72. The molecule has 3 nitrogen and oxygen atoms in total.